The molecule has 0 unspecified atom stereocenters. The van der Waals surface area contributed by atoms with Crippen LogP contribution < -0.4 is 15.9 Å². The van der Waals surface area contributed by atoms with Crippen LogP contribution in [0.3, 0.4) is 0 Å². The number of hydrogen-bond donors (Lipinski definition) is 0. The predicted octanol–water partition coefficient (Wildman–Crippen LogP) is 8.57. The molecular formula is C35H40P+. The average Bonchev–Trinajstić information content (AvgIpc) is 2.90. The summed E-state index contributed by atoms with van der Waals surface area (Å²) < 4.78 is 0. The second-order valence-electron chi connectivity index (χ2n) is 10.6. The van der Waals surface area contributed by atoms with Crippen LogP contribution in [0.1, 0.15) is 47.0 Å². The van der Waals surface area contributed by atoms with E-state index in [0.717, 1.165) is 6.16 Å². The lowest BCUT2D eigenvalue weighted by Crippen LogP contribution is -2.32. The summed E-state index contributed by atoms with van der Waals surface area (Å²) in [6, 6.07) is 33.3. The van der Waals surface area contributed by atoms with Crippen molar-refractivity contribution in [2.45, 2.75) is 47.0 Å². The molecule has 0 saturated carbocycles. The zero-order valence-corrected chi connectivity index (χ0v) is 23.2. The van der Waals surface area contributed by atoms with Crippen LogP contribution in [0.15, 0.2) is 138 Å². The molecule has 0 aliphatic heterocycles. The number of hydrogen-bond acceptors (Lipinski definition) is 0. The van der Waals surface area contributed by atoms with E-state index in [0.29, 0.717) is 0 Å². The molecule has 0 aromatic heterocycles. The van der Waals surface area contributed by atoms with Crippen LogP contribution in [0.25, 0.3) is 0 Å². The Kier molecular flexibility index (Phi) is 8.60. The summed E-state index contributed by atoms with van der Waals surface area (Å²) in [5.74, 6) is 0. The first-order valence-corrected chi connectivity index (χ1v) is 15.2. The first-order chi connectivity index (χ1) is 17.4. The van der Waals surface area contributed by atoms with Gasteiger partial charge in [-0.25, -0.2) is 0 Å². The molecule has 1 heteroatoms. The second kappa shape index (κ2) is 11.9. The molecular weight excluding hydrogens is 451 g/mol. The Morgan fingerprint density at radius 1 is 0.806 bits per heavy atom. The highest BCUT2D eigenvalue weighted by Crippen LogP contribution is 2.55. The summed E-state index contributed by atoms with van der Waals surface area (Å²) in [7, 11) is -1.82. The highest BCUT2D eigenvalue weighted by atomic mass is 31.2. The largest absolute Gasteiger partial charge is 0.115 e. The van der Waals surface area contributed by atoms with Crippen molar-refractivity contribution in [1.82, 2.24) is 0 Å². The lowest BCUT2D eigenvalue weighted by atomic mass is 9.72. The fourth-order valence-electron chi connectivity index (χ4n) is 5.53. The normalized spacial score (nSPS) is 16.7. The van der Waals surface area contributed by atoms with Gasteiger partial charge in [-0.05, 0) is 86.6 Å². The summed E-state index contributed by atoms with van der Waals surface area (Å²) in [6.07, 6.45) is 16.4. The summed E-state index contributed by atoms with van der Waals surface area (Å²) in [5, 5.41) is 4.28. The third kappa shape index (κ3) is 5.88. The molecule has 0 amide bonds. The lowest BCUT2D eigenvalue weighted by molar-refractivity contribution is 0.377. The minimum Gasteiger partial charge on any atom is -0.0696 e. The van der Waals surface area contributed by atoms with Gasteiger partial charge in [0.1, 0.15) is 23.2 Å². The molecule has 184 valence electrons. The molecule has 0 spiro atoms. The molecule has 0 radical (unpaired) electrons. The van der Waals surface area contributed by atoms with Crippen molar-refractivity contribution in [3.8, 4) is 0 Å². The van der Waals surface area contributed by atoms with Gasteiger partial charge >= 0.3 is 0 Å². The van der Waals surface area contributed by atoms with Crippen LogP contribution >= 0.6 is 7.26 Å². The summed E-state index contributed by atoms with van der Waals surface area (Å²) >= 11 is 0. The molecule has 3 aromatic carbocycles. The Bertz CT molecular complexity index is 1150. The smallest absolute Gasteiger partial charge is 0.0696 e. The van der Waals surface area contributed by atoms with Crippen LogP contribution in [-0.4, -0.2) is 6.16 Å². The Morgan fingerprint density at radius 2 is 1.31 bits per heavy atom. The Hall–Kier alpha value is -2.95. The maximum absolute atomic E-state index is 2.38. The van der Waals surface area contributed by atoms with E-state index in [2.05, 4.69) is 149 Å². The lowest BCUT2D eigenvalue weighted by Gasteiger charge is -2.32. The number of benzene rings is 3. The van der Waals surface area contributed by atoms with Gasteiger partial charge in [0.25, 0.3) is 0 Å². The molecule has 0 nitrogen and oxygen atoms in total. The van der Waals surface area contributed by atoms with Crippen molar-refractivity contribution in [1.29, 1.82) is 0 Å². The van der Waals surface area contributed by atoms with Crippen LogP contribution in [0, 0.1) is 5.41 Å². The van der Waals surface area contributed by atoms with Gasteiger partial charge < -0.3 is 0 Å². The average molecular weight is 492 g/mol. The monoisotopic (exact) mass is 491 g/mol. The molecule has 0 saturated heterocycles. The van der Waals surface area contributed by atoms with E-state index in [-0.39, 0.29) is 5.41 Å². The van der Waals surface area contributed by atoms with E-state index in [1.807, 2.05) is 0 Å². The number of allylic oxidation sites excluding steroid dienone is 8. The van der Waals surface area contributed by atoms with E-state index < -0.39 is 7.26 Å². The Labute approximate surface area is 219 Å². The molecule has 1 aliphatic rings. The zero-order chi connectivity index (χ0) is 25.4. The topological polar surface area (TPSA) is 0 Å². The zero-order valence-electron chi connectivity index (χ0n) is 22.3. The third-order valence-corrected chi connectivity index (χ3v) is 11.8. The summed E-state index contributed by atoms with van der Waals surface area (Å²) in [5.41, 5.74) is 4.64. The molecule has 4 rings (SSSR count). The van der Waals surface area contributed by atoms with E-state index in [4.69, 9.17) is 0 Å². The van der Waals surface area contributed by atoms with Gasteiger partial charge in [0.2, 0.25) is 0 Å². The molecule has 0 fully saturated rings. The van der Waals surface area contributed by atoms with Crippen LogP contribution in [0.5, 0.6) is 0 Å². The van der Waals surface area contributed by atoms with Gasteiger partial charge in [-0.3, -0.25) is 0 Å². The SMILES string of the molecule is CC(C=CC1=C(C)CCCC1(C)C)=CC=CC[P+](c1ccccc1)(c1ccccc1)c1ccccc1. The Morgan fingerprint density at radius 3 is 1.78 bits per heavy atom. The van der Waals surface area contributed by atoms with Crippen molar-refractivity contribution >= 4 is 23.2 Å². The van der Waals surface area contributed by atoms with Crippen molar-refractivity contribution in [3.63, 3.8) is 0 Å². The quantitative estimate of drug-likeness (QED) is 0.219. The summed E-state index contributed by atoms with van der Waals surface area (Å²) in [4.78, 5) is 0. The van der Waals surface area contributed by atoms with Crippen LogP contribution in [0.2, 0.25) is 0 Å². The first-order valence-electron chi connectivity index (χ1n) is 13.2. The molecule has 36 heavy (non-hydrogen) atoms. The molecule has 0 atom stereocenters. The fourth-order valence-corrected chi connectivity index (χ4v) is 9.54. The molecule has 0 bridgehead atoms. The van der Waals surface area contributed by atoms with E-state index >= 15 is 0 Å². The minimum absolute atomic E-state index is 0.278. The minimum atomic E-state index is -1.82. The van der Waals surface area contributed by atoms with Gasteiger partial charge in [-0.15, -0.1) is 0 Å². The van der Waals surface area contributed by atoms with Crippen molar-refractivity contribution in [3.05, 3.63) is 138 Å². The second-order valence-corrected chi connectivity index (χ2v) is 14.1. The van der Waals surface area contributed by atoms with Gasteiger partial charge in [-0.1, -0.05) is 104 Å². The van der Waals surface area contributed by atoms with Crippen molar-refractivity contribution < 1.29 is 0 Å². The van der Waals surface area contributed by atoms with E-state index in [1.54, 1.807) is 5.57 Å². The maximum Gasteiger partial charge on any atom is 0.115 e. The predicted molar refractivity (Wildman–Crippen MR) is 162 cm³/mol. The molecule has 1 aliphatic carbocycles. The van der Waals surface area contributed by atoms with E-state index in [1.165, 1.54) is 46.3 Å². The van der Waals surface area contributed by atoms with E-state index in [9.17, 15) is 0 Å². The van der Waals surface area contributed by atoms with Crippen molar-refractivity contribution in [2.24, 2.45) is 5.41 Å². The van der Waals surface area contributed by atoms with Gasteiger partial charge in [0, 0.05) is 0 Å². The third-order valence-electron chi connectivity index (χ3n) is 7.52. The van der Waals surface area contributed by atoms with Crippen LogP contribution in [-0.2, 0) is 0 Å². The van der Waals surface area contributed by atoms with Crippen molar-refractivity contribution in [2.75, 3.05) is 6.16 Å². The van der Waals surface area contributed by atoms with Crippen LogP contribution in [0.4, 0.5) is 0 Å². The highest BCUT2D eigenvalue weighted by molar-refractivity contribution is 7.95. The van der Waals surface area contributed by atoms with Gasteiger partial charge in [-0.2, -0.15) is 0 Å². The number of rotatable bonds is 8. The fraction of sp³-hybridized carbons (Fsp3) is 0.257. The maximum atomic E-state index is 2.38. The first kappa shape index (κ1) is 26.1. The van der Waals surface area contributed by atoms with Gasteiger partial charge in [0.15, 0.2) is 0 Å². The molecule has 0 N–H and O–H groups in total. The Balaban J connectivity index is 1.65. The molecule has 3 aromatic rings. The molecule has 0 heterocycles. The standard InChI is InChI=1S/C35H40P/c1-29(25-26-34-30(2)18-16-27-35(34,3)4)17-14-15-28-36(31-19-8-5-9-20-31,32-21-10-6-11-22-32)33-23-12-7-13-24-33/h5-15,17,19-26H,16,18,27-28H2,1-4H3/q+1. The highest BCUT2D eigenvalue weighted by Gasteiger charge is 2.44. The van der Waals surface area contributed by atoms with Gasteiger partial charge in [0.05, 0.1) is 6.16 Å². The summed E-state index contributed by atoms with van der Waals surface area (Å²) in [6.45, 7) is 9.28.